The van der Waals surface area contributed by atoms with Crippen molar-refractivity contribution in [3.63, 3.8) is 0 Å². The Morgan fingerprint density at radius 3 is 2.69 bits per heavy atom. The van der Waals surface area contributed by atoms with Crippen molar-refractivity contribution in [3.05, 3.63) is 35.4 Å². The van der Waals surface area contributed by atoms with Crippen LogP contribution >= 0.6 is 0 Å². The molecule has 1 saturated carbocycles. The number of hydrogen-bond acceptors (Lipinski definition) is 3. The minimum absolute atomic E-state index is 0.343. The van der Waals surface area contributed by atoms with E-state index in [9.17, 15) is 9.90 Å². The van der Waals surface area contributed by atoms with Crippen LogP contribution in [0.4, 0.5) is 0 Å². The molecule has 1 aromatic rings. The summed E-state index contributed by atoms with van der Waals surface area (Å²) in [6.07, 6.45) is 3.00. The van der Waals surface area contributed by atoms with Crippen LogP contribution in [0.2, 0.25) is 0 Å². The number of cyclic esters (lactones) is 1. The van der Waals surface area contributed by atoms with Crippen LogP contribution in [0.3, 0.4) is 0 Å². The van der Waals surface area contributed by atoms with Gasteiger partial charge in [-0.3, -0.25) is 0 Å². The van der Waals surface area contributed by atoms with Crippen LogP contribution in [0.25, 0.3) is 0 Å². The first kappa shape index (κ1) is 9.85. The summed E-state index contributed by atoms with van der Waals surface area (Å²) in [5.74, 6) is -0.402. The minimum atomic E-state index is -0.975. The number of aliphatic hydroxyl groups excluding tert-OH is 1. The highest BCUT2D eigenvalue weighted by molar-refractivity contribution is 5.93. The van der Waals surface area contributed by atoms with E-state index in [1.807, 2.05) is 18.2 Å². The number of rotatable bonds is 0. The monoisotopic (exact) mass is 218 g/mol. The van der Waals surface area contributed by atoms with Crippen molar-refractivity contribution in [1.82, 2.24) is 0 Å². The van der Waals surface area contributed by atoms with Crippen LogP contribution in [0.15, 0.2) is 24.3 Å². The molecule has 84 valence electrons. The number of ether oxygens (including phenoxy) is 1. The zero-order valence-corrected chi connectivity index (χ0v) is 8.98. The van der Waals surface area contributed by atoms with Crippen molar-refractivity contribution in [1.29, 1.82) is 0 Å². The van der Waals surface area contributed by atoms with E-state index in [0.29, 0.717) is 5.56 Å². The molecule has 3 heteroatoms. The largest absolute Gasteiger partial charge is 0.431 e. The van der Waals surface area contributed by atoms with Gasteiger partial charge in [0.15, 0.2) is 0 Å². The fraction of sp³-hybridized carbons (Fsp3) is 0.462. The van der Waals surface area contributed by atoms with Gasteiger partial charge >= 0.3 is 5.97 Å². The molecule has 1 unspecified atom stereocenters. The number of fused-ring (bicyclic) bond motifs is 2. The lowest BCUT2D eigenvalue weighted by atomic mass is 9.74. The van der Waals surface area contributed by atoms with Gasteiger partial charge in [-0.25, -0.2) is 4.79 Å². The summed E-state index contributed by atoms with van der Waals surface area (Å²) in [4.78, 5) is 11.7. The quantitative estimate of drug-likeness (QED) is 0.677. The summed E-state index contributed by atoms with van der Waals surface area (Å²) in [5, 5.41) is 10.0. The molecule has 0 aromatic heterocycles. The molecule has 3 rings (SSSR count). The van der Waals surface area contributed by atoms with Crippen molar-refractivity contribution in [2.45, 2.75) is 37.4 Å². The third kappa shape index (κ3) is 1.15. The van der Waals surface area contributed by atoms with E-state index >= 15 is 0 Å². The summed E-state index contributed by atoms with van der Waals surface area (Å²) in [7, 11) is 0. The third-order valence-corrected chi connectivity index (χ3v) is 3.87. The summed E-state index contributed by atoms with van der Waals surface area (Å²) < 4.78 is 5.07. The standard InChI is InChI=1S/C13H14O3/c14-11-9-5-1-2-6-10(9)13(12(15)16-11)7-3-4-8-13/h1-2,5-6,12,15H,3-4,7-8H2. The average molecular weight is 218 g/mol. The maximum absolute atomic E-state index is 11.7. The molecule has 16 heavy (non-hydrogen) atoms. The SMILES string of the molecule is O=C1OC(O)C2(CCCC2)c2ccccc21. The van der Waals surface area contributed by atoms with Crippen molar-refractivity contribution >= 4 is 5.97 Å². The molecule has 0 amide bonds. The highest BCUT2D eigenvalue weighted by Gasteiger charge is 2.49. The lowest BCUT2D eigenvalue weighted by molar-refractivity contribution is -0.118. The van der Waals surface area contributed by atoms with E-state index in [0.717, 1.165) is 31.2 Å². The Balaban J connectivity index is 2.19. The van der Waals surface area contributed by atoms with E-state index in [4.69, 9.17) is 4.74 Å². The molecule has 2 aliphatic rings. The summed E-state index contributed by atoms with van der Waals surface area (Å²) in [6.45, 7) is 0. The van der Waals surface area contributed by atoms with E-state index in [1.54, 1.807) is 6.07 Å². The fourth-order valence-electron chi connectivity index (χ4n) is 3.03. The first-order chi connectivity index (χ1) is 7.74. The molecule has 1 N–H and O–H groups in total. The Morgan fingerprint density at radius 1 is 1.25 bits per heavy atom. The zero-order valence-electron chi connectivity index (χ0n) is 8.98. The zero-order chi connectivity index (χ0) is 11.2. The summed E-state index contributed by atoms with van der Waals surface area (Å²) in [6, 6.07) is 7.48. The molecule has 0 saturated heterocycles. The highest BCUT2D eigenvalue weighted by Crippen LogP contribution is 2.47. The average Bonchev–Trinajstić information content (AvgIpc) is 2.77. The van der Waals surface area contributed by atoms with Gasteiger partial charge in [-0.2, -0.15) is 0 Å². The lowest BCUT2D eigenvalue weighted by Gasteiger charge is -2.38. The van der Waals surface area contributed by atoms with E-state index < -0.39 is 12.3 Å². The van der Waals surface area contributed by atoms with Gasteiger partial charge in [0.05, 0.1) is 11.0 Å². The maximum Gasteiger partial charge on any atom is 0.340 e. The number of carbonyl (C=O) groups is 1. The molecule has 1 atom stereocenters. The van der Waals surface area contributed by atoms with Crippen LogP contribution in [0, 0.1) is 0 Å². The van der Waals surface area contributed by atoms with E-state index in [-0.39, 0.29) is 5.41 Å². The summed E-state index contributed by atoms with van der Waals surface area (Å²) in [5.41, 5.74) is 1.25. The number of benzene rings is 1. The van der Waals surface area contributed by atoms with Crippen molar-refractivity contribution in [3.8, 4) is 0 Å². The van der Waals surface area contributed by atoms with Gasteiger partial charge in [-0.15, -0.1) is 0 Å². The van der Waals surface area contributed by atoms with Crippen LogP contribution in [0.1, 0.15) is 41.6 Å². The second-order valence-electron chi connectivity index (χ2n) is 4.67. The normalized spacial score (nSPS) is 26.6. The highest BCUT2D eigenvalue weighted by atomic mass is 16.6. The first-order valence-electron chi connectivity index (χ1n) is 5.73. The molecular weight excluding hydrogens is 204 g/mol. The Kier molecular flexibility index (Phi) is 2.04. The molecule has 1 heterocycles. The van der Waals surface area contributed by atoms with Crippen LogP contribution < -0.4 is 0 Å². The Morgan fingerprint density at radius 2 is 1.94 bits per heavy atom. The van der Waals surface area contributed by atoms with Crippen LogP contribution in [0.5, 0.6) is 0 Å². The Labute approximate surface area is 94.0 Å². The number of esters is 1. The molecule has 1 aliphatic carbocycles. The molecular formula is C13H14O3. The lowest BCUT2D eigenvalue weighted by Crippen LogP contribution is -2.45. The van der Waals surface area contributed by atoms with Gasteiger partial charge in [-0.1, -0.05) is 31.0 Å². The van der Waals surface area contributed by atoms with Gasteiger partial charge in [-0.05, 0) is 24.5 Å². The molecule has 3 nitrogen and oxygen atoms in total. The third-order valence-electron chi connectivity index (χ3n) is 3.87. The molecule has 1 spiro atoms. The van der Waals surface area contributed by atoms with Gasteiger partial charge in [0.1, 0.15) is 0 Å². The molecule has 0 radical (unpaired) electrons. The smallest absolute Gasteiger partial charge is 0.340 e. The number of aliphatic hydroxyl groups is 1. The fourth-order valence-corrected chi connectivity index (χ4v) is 3.03. The second-order valence-corrected chi connectivity index (χ2v) is 4.67. The van der Waals surface area contributed by atoms with Gasteiger partial charge in [0, 0.05) is 0 Å². The topological polar surface area (TPSA) is 46.5 Å². The minimum Gasteiger partial charge on any atom is -0.431 e. The van der Waals surface area contributed by atoms with Crippen molar-refractivity contribution < 1.29 is 14.6 Å². The van der Waals surface area contributed by atoms with Crippen LogP contribution in [-0.4, -0.2) is 17.4 Å². The predicted octanol–water partition coefficient (Wildman–Crippen LogP) is 1.99. The van der Waals surface area contributed by atoms with Gasteiger partial charge < -0.3 is 9.84 Å². The van der Waals surface area contributed by atoms with E-state index in [2.05, 4.69) is 0 Å². The number of hydrogen-bond donors (Lipinski definition) is 1. The van der Waals surface area contributed by atoms with E-state index in [1.165, 1.54) is 0 Å². The van der Waals surface area contributed by atoms with Gasteiger partial charge in [0.25, 0.3) is 0 Å². The first-order valence-corrected chi connectivity index (χ1v) is 5.73. The second kappa shape index (κ2) is 3.32. The molecule has 1 fully saturated rings. The summed E-state index contributed by atoms with van der Waals surface area (Å²) >= 11 is 0. The molecule has 0 bridgehead atoms. The Bertz CT molecular complexity index is 433. The molecule has 1 aromatic carbocycles. The predicted molar refractivity (Wildman–Crippen MR) is 58.0 cm³/mol. The molecule has 1 aliphatic heterocycles. The van der Waals surface area contributed by atoms with Crippen molar-refractivity contribution in [2.24, 2.45) is 0 Å². The Hall–Kier alpha value is -1.35. The van der Waals surface area contributed by atoms with Crippen LogP contribution in [-0.2, 0) is 10.2 Å². The number of carbonyl (C=O) groups excluding carboxylic acids is 1. The van der Waals surface area contributed by atoms with Gasteiger partial charge in [0.2, 0.25) is 6.29 Å². The van der Waals surface area contributed by atoms with Crippen molar-refractivity contribution in [2.75, 3.05) is 0 Å². The maximum atomic E-state index is 11.7.